The Morgan fingerprint density at radius 1 is 1.44 bits per heavy atom. The summed E-state index contributed by atoms with van der Waals surface area (Å²) in [7, 11) is 0. The molecule has 4 heteroatoms. The summed E-state index contributed by atoms with van der Waals surface area (Å²) in [6.45, 7) is 9.40. The number of nitrogen functional groups attached to an aromatic ring is 1. The van der Waals surface area contributed by atoms with Crippen molar-refractivity contribution in [2.45, 2.75) is 33.7 Å². The van der Waals surface area contributed by atoms with Gasteiger partial charge in [-0.05, 0) is 38.9 Å². The second-order valence-corrected chi connectivity index (χ2v) is 4.74. The predicted molar refractivity (Wildman–Crippen MR) is 76.6 cm³/mol. The fourth-order valence-electron chi connectivity index (χ4n) is 1.88. The molecule has 100 valence electrons. The molecule has 0 bridgehead atoms. The van der Waals surface area contributed by atoms with Crippen molar-refractivity contribution in [3.63, 3.8) is 0 Å². The summed E-state index contributed by atoms with van der Waals surface area (Å²) < 4.78 is 0. The number of aryl methyl sites for hydroxylation is 1. The summed E-state index contributed by atoms with van der Waals surface area (Å²) in [6.07, 6.45) is 0. The molecule has 0 fully saturated rings. The van der Waals surface area contributed by atoms with E-state index in [4.69, 9.17) is 5.73 Å². The van der Waals surface area contributed by atoms with Gasteiger partial charge in [0.15, 0.2) is 0 Å². The van der Waals surface area contributed by atoms with Gasteiger partial charge in [-0.15, -0.1) is 0 Å². The van der Waals surface area contributed by atoms with Crippen molar-refractivity contribution >= 4 is 17.3 Å². The standard InChI is InChI=1S/C14H23N3O/c1-5-17(10(2)3)9-13(18)16-14-11(4)7-6-8-12(14)15/h6-8,10H,5,9,15H2,1-4H3,(H,16,18). The number of nitrogens with zero attached hydrogens (tertiary/aromatic N) is 1. The van der Waals surface area contributed by atoms with Crippen LogP contribution in [0.2, 0.25) is 0 Å². The molecular weight excluding hydrogens is 226 g/mol. The van der Waals surface area contributed by atoms with Gasteiger partial charge in [-0.1, -0.05) is 19.1 Å². The normalized spacial score (nSPS) is 11.0. The molecule has 1 rings (SSSR count). The van der Waals surface area contributed by atoms with Crippen molar-refractivity contribution in [1.29, 1.82) is 0 Å². The Hall–Kier alpha value is -1.55. The van der Waals surface area contributed by atoms with Gasteiger partial charge in [-0.3, -0.25) is 9.69 Å². The van der Waals surface area contributed by atoms with E-state index in [0.717, 1.165) is 17.8 Å². The largest absolute Gasteiger partial charge is 0.397 e. The highest BCUT2D eigenvalue weighted by molar-refractivity contribution is 5.96. The van der Waals surface area contributed by atoms with Crippen molar-refractivity contribution in [1.82, 2.24) is 4.90 Å². The average molecular weight is 249 g/mol. The van der Waals surface area contributed by atoms with E-state index in [1.54, 1.807) is 6.07 Å². The second kappa shape index (κ2) is 6.40. The van der Waals surface area contributed by atoms with E-state index in [9.17, 15) is 4.79 Å². The summed E-state index contributed by atoms with van der Waals surface area (Å²) in [5, 5.41) is 2.89. The monoisotopic (exact) mass is 249 g/mol. The Kier molecular flexibility index (Phi) is 5.16. The Morgan fingerprint density at radius 3 is 2.61 bits per heavy atom. The zero-order valence-electron chi connectivity index (χ0n) is 11.7. The fraction of sp³-hybridized carbons (Fsp3) is 0.500. The highest BCUT2D eigenvalue weighted by Gasteiger charge is 2.13. The van der Waals surface area contributed by atoms with Crippen LogP contribution in [0.15, 0.2) is 18.2 Å². The van der Waals surface area contributed by atoms with Gasteiger partial charge in [-0.25, -0.2) is 0 Å². The molecule has 0 heterocycles. The lowest BCUT2D eigenvalue weighted by atomic mass is 10.1. The number of para-hydroxylation sites is 1. The van der Waals surface area contributed by atoms with Crippen LogP contribution in [0.5, 0.6) is 0 Å². The summed E-state index contributed by atoms with van der Waals surface area (Å²) in [6, 6.07) is 5.97. The minimum atomic E-state index is -0.0217. The number of nitrogens with two attached hydrogens (primary N) is 1. The number of rotatable bonds is 5. The van der Waals surface area contributed by atoms with Gasteiger partial charge in [0.2, 0.25) is 5.91 Å². The molecule has 0 spiro atoms. The van der Waals surface area contributed by atoms with Gasteiger partial charge >= 0.3 is 0 Å². The van der Waals surface area contributed by atoms with Crippen LogP contribution in [0.25, 0.3) is 0 Å². The topological polar surface area (TPSA) is 58.4 Å². The molecule has 0 aliphatic carbocycles. The first-order valence-electron chi connectivity index (χ1n) is 6.34. The second-order valence-electron chi connectivity index (χ2n) is 4.74. The molecule has 4 nitrogen and oxygen atoms in total. The maximum absolute atomic E-state index is 12.0. The number of carbonyl (C=O) groups excluding carboxylic acids is 1. The zero-order valence-corrected chi connectivity index (χ0v) is 11.7. The van der Waals surface area contributed by atoms with Gasteiger partial charge in [0.05, 0.1) is 17.9 Å². The van der Waals surface area contributed by atoms with Crippen LogP contribution >= 0.6 is 0 Å². The smallest absolute Gasteiger partial charge is 0.238 e. The molecule has 3 N–H and O–H groups in total. The molecule has 1 amide bonds. The lowest BCUT2D eigenvalue weighted by Crippen LogP contribution is -2.38. The van der Waals surface area contributed by atoms with Crippen LogP contribution in [-0.2, 0) is 4.79 Å². The van der Waals surface area contributed by atoms with E-state index >= 15 is 0 Å². The number of carbonyl (C=O) groups is 1. The van der Waals surface area contributed by atoms with Crippen LogP contribution in [-0.4, -0.2) is 29.9 Å². The van der Waals surface area contributed by atoms with Crippen LogP contribution in [0, 0.1) is 6.92 Å². The molecule has 0 atom stereocenters. The van der Waals surface area contributed by atoms with Crippen molar-refractivity contribution in [3.8, 4) is 0 Å². The number of likely N-dealkylation sites (N-methyl/N-ethyl adjacent to an activating group) is 1. The fourth-order valence-corrected chi connectivity index (χ4v) is 1.88. The summed E-state index contributed by atoms with van der Waals surface area (Å²) in [5.41, 5.74) is 8.18. The molecule has 0 radical (unpaired) electrons. The lowest BCUT2D eigenvalue weighted by molar-refractivity contribution is -0.117. The van der Waals surface area contributed by atoms with E-state index < -0.39 is 0 Å². The highest BCUT2D eigenvalue weighted by Crippen LogP contribution is 2.22. The van der Waals surface area contributed by atoms with Crippen molar-refractivity contribution in [3.05, 3.63) is 23.8 Å². The van der Waals surface area contributed by atoms with E-state index in [2.05, 4.69) is 31.0 Å². The van der Waals surface area contributed by atoms with Gasteiger partial charge in [-0.2, -0.15) is 0 Å². The van der Waals surface area contributed by atoms with Gasteiger partial charge in [0.1, 0.15) is 0 Å². The van der Waals surface area contributed by atoms with Crippen LogP contribution in [0.3, 0.4) is 0 Å². The Morgan fingerprint density at radius 2 is 2.11 bits per heavy atom. The first kappa shape index (κ1) is 14.5. The Balaban J connectivity index is 2.70. The van der Waals surface area contributed by atoms with Gasteiger partial charge in [0, 0.05) is 6.04 Å². The van der Waals surface area contributed by atoms with Gasteiger partial charge in [0.25, 0.3) is 0 Å². The number of hydrogen-bond acceptors (Lipinski definition) is 3. The number of hydrogen-bond donors (Lipinski definition) is 2. The number of amides is 1. The molecule has 0 unspecified atom stereocenters. The molecule has 18 heavy (non-hydrogen) atoms. The summed E-state index contributed by atoms with van der Waals surface area (Å²) in [4.78, 5) is 14.1. The summed E-state index contributed by atoms with van der Waals surface area (Å²) >= 11 is 0. The molecule has 1 aromatic carbocycles. The Labute approximate surface area is 109 Å². The maximum atomic E-state index is 12.0. The van der Waals surface area contributed by atoms with Crippen molar-refractivity contribution < 1.29 is 4.79 Å². The molecular formula is C14H23N3O. The molecule has 0 aliphatic heterocycles. The van der Waals surface area contributed by atoms with E-state index in [-0.39, 0.29) is 5.91 Å². The first-order chi connectivity index (χ1) is 8.45. The van der Waals surface area contributed by atoms with Crippen LogP contribution in [0.1, 0.15) is 26.3 Å². The predicted octanol–water partition coefficient (Wildman–Crippen LogP) is 2.25. The van der Waals surface area contributed by atoms with Gasteiger partial charge < -0.3 is 11.1 Å². The highest BCUT2D eigenvalue weighted by atomic mass is 16.2. The SMILES string of the molecule is CCN(CC(=O)Nc1c(C)cccc1N)C(C)C. The van der Waals surface area contributed by atoms with Crippen molar-refractivity contribution in [2.24, 2.45) is 0 Å². The number of benzene rings is 1. The molecule has 0 aliphatic rings. The molecule has 1 aromatic rings. The van der Waals surface area contributed by atoms with Crippen LogP contribution < -0.4 is 11.1 Å². The van der Waals surface area contributed by atoms with Crippen molar-refractivity contribution in [2.75, 3.05) is 24.1 Å². The van der Waals surface area contributed by atoms with E-state index in [0.29, 0.717) is 18.3 Å². The molecule has 0 saturated heterocycles. The maximum Gasteiger partial charge on any atom is 0.238 e. The third kappa shape index (κ3) is 3.74. The van der Waals surface area contributed by atoms with Crippen LogP contribution in [0.4, 0.5) is 11.4 Å². The lowest BCUT2D eigenvalue weighted by Gasteiger charge is -2.24. The van der Waals surface area contributed by atoms with E-state index in [1.807, 2.05) is 19.1 Å². The third-order valence-electron chi connectivity index (χ3n) is 3.05. The quantitative estimate of drug-likeness (QED) is 0.787. The minimum Gasteiger partial charge on any atom is -0.397 e. The zero-order chi connectivity index (χ0) is 13.7. The molecule has 0 saturated carbocycles. The minimum absolute atomic E-state index is 0.0217. The number of anilines is 2. The Bertz CT molecular complexity index is 395. The number of nitrogens with one attached hydrogen (secondary N) is 1. The average Bonchev–Trinajstić information content (AvgIpc) is 2.30. The molecule has 0 aromatic heterocycles. The summed E-state index contributed by atoms with van der Waals surface area (Å²) in [5.74, 6) is -0.0217. The third-order valence-corrected chi connectivity index (χ3v) is 3.05. The first-order valence-corrected chi connectivity index (χ1v) is 6.34. The van der Waals surface area contributed by atoms with E-state index in [1.165, 1.54) is 0 Å².